The number of hydrogen-bond donors (Lipinski definition) is 4. The lowest BCUT2D eigenvalue weighted by Gasteiger charge is -2.36. The van der Waals surface area contributed by atoms with Crippen molar-refractivity contribution in [3.8, 4) is 5.69 Å². The Morgan fingerprint density at radius 3 is 2.25 bits per heavy atom. The van der Waals surface area contributed by atoms with Crippen LogP contribution in [0.2, 0.25) is 0 Å². The Labute approximate surface area is 302 Å². The SMILES string of the molecule is C=CC1CC1(NC(=O)[C@@H]1C[C@@H](OC(=O)Nc2ccccc2-n2nccn2)CN1C(=O)[C@@H](NC(=O)OC(C)(C)C)C(C)(C)C)C(=O)NS(=O)(=O)C1CC1. The number of sulfonamides is 1. The quantitative estimate of drug-likeness (QED) is 0.245. The van der Waals surface area contributed by atoms with Gasteiger partial charge in [0.25, 0.3) is 5.91 Å². The van der Waals surface area contributed by atoms with Crippen LogP contribution in [0.15, 0.2) is 49.3 Å². The zero-order chi connectivity index (χ0) is 38.2. The first-order chi connectivity index (χ1) is 24.2. The maximum absolute atomic E-state index is 14.3. The number of anilines is 1. The van der Waals surface area contributed by atoms with Crippen molar-refractivity contribution in [1.82, 2.24) is 35.2 Å². The molecule has 52 heavy (non-hydrogen) atoms. The summed E-state index contributed by atoms with van der Waals surface area (Å²) in [6.45, 7) is 13.7. The Hall–Kier alpha value is -5.00. The highest BCUT2D eigenvalue weighted by atomic mass is 32.2. The third kappa shape index (κ3) is 8.71. The molecular weight excluding hydrogens is 696 g/mol. The average molecular weight is 743 g/mol. The lowest BCUT2D eigenvalue weighted by atomic mass is 9.85. The highest BCUT2D eigenvalue weighted by Gasteiger charge is 2.62. The number of carbonyl (C=O) groups is 5. The second-order valence-corrected chi connectivity index (χ2v) is 17.3. The summed E-state index contributed by atoms with van der Waals surface area (Å²) in [5.41, 5.74) is -2.57. The number of carbonyl (C=O) groups excluding carboxylic acids is 5. The highest BCUT2D eigenvalue weighted by molar-refractivity contribution is 7.91. The maximum Gasteiger partial charge on any atom is 0.412 e. The molecule has 2 aromatic rings. The summed E-state index contributed by atoms with van der Waals surface area (Å²) in [5, 5.41) is 15.5. The van der Waals surface area contributed by atoms with E-state index in [-0.39, 0.29) is 19.4 Å². The van der Waals surface area contributed by atoms with Crippen molar-refractivity contribution in [3.05, 3.63) is 49.3 Å². The minimum absolute atomic E-state index is 0.0899. The zero-order valence-corrected chi connectivity index (χ0v) is 30.9. The summed E-state index contributed by atoms with van der Waals surface area (Å²) in [7, 11) is -3.93. The third-order valence-electron chi connectivity index (χ3n) is 8.92. The topological polar surface area (TPSA) is 220 Å². The number of rotatable bonds is 11. The highest BCUT2D eigenvalue weighted by Crippen LogP contribution is 2.45. The van der Waals surface area contributed by atoms with Crippen LogP contribution < -0.4 is 20.7 Å². The van der Waals surface area contributed by atoms with Gasteiger partial charge in [-0.05, 0) is 57.6 Å². The van der Waals surface area contributed by atoms with Crippen LogP contribution >= 0.6 is 0 Å². The van der Waals surface area contributed by atoms with E-state index in [1.54, 1.807) is 65.8 Å². The number of benzene rings is 1. The molecule has 282 valence electrons. The molecule has 1 aliphatic heterocycles. The fourth-order valence-electron chi connectivity index (χ4n) is 6.02. The van der Waals surface area contributed by atoms with Gasteiger partial charge in [0.05, 0.1) is 29.9 Å². The van der Waals surface area contributed by atoms with Crippen LogP contribution in [0.3, 0.4) is 0 Å². The van der Waals surface area contributed by atoms with Crippen LogP contribution in [-0.4, -0.2) is 99.3 Å². The van der Waals surface area contributed by atoms with Crippen molar-refractivity contribution >= 4 is 45.6 Å². The molecule has 3 aliphatic rings. The average Bonchev–Trinajstić information content (AvgIpc) is 3.91. The van der Waals surface area contributed by atoms with Crippen LogP contribution in [0.25, 0.3) is 5.69 Å². The van der Waals surface area contributed by atoms with Gasteiger partial charge in [-0.25, -0.2) is 18.0 Å². The van der Waals surface area contributed by atoms with Gasteiger partial charge in [0, 0.05) is 12.3 Å². The van der Waals surface area contributed by atoms with Gasteiger partial charge in [-0.3, -0.25) is 24.4 Å². The van der Waals surface area contributed by atoms with Crippen molar-refractivity contribution in [2.24, 2.45) is 11.3 Å². The van der Waals surface area contributed by atoms with Gasteiger partial charge in [0.2, 0.25) is 21.8 Å². The molecule has 1 aromatic carbocycles. The minimum atomic E-state index is -3.93. The van der Waals surface area contributed by atoms with E-state index in [1.165, 1.54) is 28.2 Å². The number of likely N-dealkylation sites (tertiary alicyclic amines) is 1. The van der Waals surface area contributed by atoms with E-state index < -0.39 is 85.8 Å². The summed E-state index contributed by atoms with van der Waals surface area (Å²) >= 11 is 0. The van der Waals surface area contributed by atoms with Gasteiger partial charge in [-0.1, -0.05) is 39.0 Å². The van der Waals surface area contributed by atoms with Crippen LogP contribution in [0.5, 0.6) is 0 Å². The number of amides is 5. The predicted octanol–water partition coefficient (Wildman–Crippen LogP) is 2.39. The van der Waals surface area contributed by atoms with Gasteiger partial charge in [0.15, 0.2) is 0 Å². The van der Waals surface area contributed by atoms with Gasteiger partial charge < -0.3 is 25.0 Å². The molecule has 2 unspecified atom stereocenters. The fourth-order valence-corrected chi connectivity index (χ4v) is 7.38. The van der Waals surface area contributed by atoms with E-state index in [9.17, 15) is 32.4 Å². The summed E-state index contributed by atoms with van der Waals surface area (Å²) in [6, 6.07) is 4.26. The molecule has 1 aromatic heterocycles. The van der Waals surface area contributed by atoms with E-state index >= 15 is 0 Å². The van der Waals surface area contributed by atoms with Gasteiger partial charge in [-0.15, -0.1) is 11.4 Å². The monoisotopic (exact) mass is 742 g/mol. The largest absolute Gasteiger partial charge is 0.444 e. The van der Waals surface area contributed by atoms with Gasteiger partial charge in [-0.2, -0.15) is 10.2 Å². The van der Waals surface area contributed by atoms with E-state index in [4.69, 9.17) is 9.47 Å². The normalized spacial score (nSPS) is 23.5. The molecule has 0 spiro atoms. The second-order valence-electron chi connectivity index (χ2n) is 15.4. The molecule has 0 radical (unpaired) electrons. The van der Waals surface area contributed by atoms with E-state index in [0.29, 0.717) is 24.2 Å². The molecule has 2 saturated carbocycles. The molecule has 17 nitrogen and oxygen atoms in total. The number of para-hydroxylation sites is 2. The van der Waals surface area contributed by atoms with E-state index in [1.807, 2.05) is 0 Å². The third-order valence-corrected chi connectivity index (χ3v) is 10.7. The lowest BCUT2D eigenvalue weighted by molar-refractivity contribution is -0.143. The first-order valence-electron chi connectivity index (χ1n) is 17.0. The van der Waals surface area contributed by atoms with Crippen LogP contribution in [0.4, 0.5) is 15.3 Å². The molecule has 18 heteroatoms. The van der Waals surface area contributed by atoms with Crippen molar-refractivity contribution in [1.29, 1.82) is 0 Å². The van der Waals surface area contributed by atoms with Gasteiger partial charge in [0.1, 0.15) is 35.0 Å². The summed E-state index contributed by atoms with van der Waals surface area (Å²) in [6.07, 6.45) is 2.44. The second kappa shape index (κ2) is 14.2. The smallest absolute Gasteiger partial charge is 0.412 e. The molecule has 3 fully saturated rings. The molecule has 5 rings (SSSR count). The first-order valence-corrected chi connectivity index (χ1v) is 18.5. The zero-order valence-electron chi connectivity index (χ0n) is 30.0. The fraction of sp³-hybridized carbons (Fsp3) is 0.559. The number of nitrogens with zero attached hydrogens (tertiary/aromatic N) is 4. The molecule has 5 amide bonds. The molecule has 4 N–H and O–H groups in total. The maximum atomic E-state index is 14.3. The molecule has 0 bridgehead atoms. The Morgan fingerprint density at radius 2 is 1.67 bits per heavy atom. The number of alkyl carbamates (subject to hydrolysis) is 1. The molecule has 1 saturated heterocycles. The van der Waals surface area contributed by atoms with Crippen molar-refractivity contribution < 1.29 is 41.9 Å². The lowest BCUT2D eigenvalue weighted by Crippen LogP contribution is -2.60. The summed E-state index contributed by atoms with van der Waals surface area (Å²) in [5.74, 6) is -2.91. The van der Waals surface area contributed by atoms with Crippen molar-refractivity contribution in [2.45, 2.75) is 102 Å². The summed E-state index contributed by atoms with van der Waals surface area (Å²) < 4.78 is 38.5. The Morgan fingerprint density at radius 1 is 1.02 bits per heavy atom. The standard InChI is InChI=1S/C34H46N8O9S/c1-8-20-18-34(20,29(45)40-52(48,49)22-13-14-22)39-27(43)25-17-21(50-30(46)37-23-11-9-10-12-24(23)42-35-15-16-36-42)19-41(25)28(44)26(32(2,3)4)38-31(47)51-33(5,6)7/h8-12,15-16,20-22,25-26H,1,13-14,17-19H2,2-7H3,(H,37,46)(H,38,47)(H,39,43)(H,40,45)/t20?,21-,25+,26-,34?/m1/s1. The first kappa shape index (κ1) is 38.2. The van der Waals surface area contributed by atoms with Gasteiger partial charge >= 0.3 is 12.2 Å². The Kier molecular flexibility index (Phi) is 10.4. The predicted molar refractivity (Wildman–Crippen MR) is 187 cm³/mol. The summed E-state index contributed by atoms with van der Waals surface area (Å²) in [4.78, 5) is 70.5. The Bertz CT molecular complexity index is 1830. The molecule has 5 atom stereocenters. The van der Waals surface area contributed by atoms with E-state index in [0.717, 1.165) is 0 Å². The number of aromatic nitrogens is 3. The number of nitrogens with one attached hydrogen (secondary N) is 4. The Balaban J connectivity index is 1.39. The molecule has 2 aliphatic carbocycles. The molecular formula is C34H46N8O9S. The van der Waals surface area contributed by atoms with E-state index in [2.05, 4.69) is 37.4 Å². The van der Waals surface area contributed by atoms with Crippen LogP contribution in [-0.2, 0) is 33.9 Å². The number of hydrogen-bond acceptors (Lipinski definition) is 11. The number of ether oxygens (including phenoxy) is 2. The van der Waals surface area contributed by atoms with Crippen molar-refractivity contribution in [2.75, 3.05) is 11.9 Å². The minimum Gasteiger partial charge on any atom is -0.444 e. The van der Waals surface area contributed by atoms with Crippen LogP contribution in [0.1, 0.15) is 67.2 Å². The van der Waals surface area contributed by atoms with Crippen LogP contribution in [0, 0.1) is 11.3 Å². The molecule has 2 heterocycles. The van der Waals surface area contributed by atoms with Crippen molar-refractivity contribution in [3.63, 3.8) is 0 Å².